The number of ether oxygens (including phenoxy) is 2. The molecular weight excluding hydrogens is 485 g/mol. The third kappa shape index (κ3) is 4.43. The van der Waals surface area contributed by atoms with Crippen molar-refractivity contribution < 1.29 is 9.47 Å². The van der Waals surface area contributed by atoms with Gasteiger partial charge in [-0.05, 0) is 48.9 Å². The number of hydrogen-bond acceptors (Lipinski definition) is 6. The molecule has 1 aliphatic heterocycles. The minimum absolute atomic E-state index is 0.213. The lowest BCUT2D eigenvalue weighted by Gasteiger charge is -2.14. The summed E-state index contributed by atoms with van der Waals surface area (Å²) in [6.45, 7) is 6.54. The van der Waals surface area contributed by atoms with Crippen LogP contribution in [0.1, 0.15) is 18.0 Å². The van der Waals surface area contributed by atoms with Crippen molar-refractivity contribution in [2.45, 2.75) is 12.3 Å². The van der Waals surface area contributed by atoms with Crippen LogP contribution in [-0.4, -0.2) is 46.2 Å². The zero-order valence-corrected chi connectivity index (χ0v) is 20.8. The van der Waals surface area contributed by atoms with Gasteiger partial charge in [-0.1, -0.05) is 41.4 Å². The maximum Gasteiger partial charge on any atom is 0.169 e. The highest BCUT2D eigenvalue weighted by Gasteiger charge is 2.31. The molecule has 2 aromatic carbocycles. The number of methoxy groups -OCH3 is 1. The van der Waals surface area contributed by atoms with Crippen LogP contribution < -0.4 is 15.2 Å². The topological polar surface area (TPSA) is 77.9 Å². The van der Waals surface area contributed by atoms with Crippen molar-refractivity contribution >= 4 is 34.5 Å². The maximum absolute atomic E-state index is 7.08. The van der Waals surface area contributed by atoms with E-state index in [-0.39, 0.29) is 5.92 Å². The molecule has 2 N–H and O–H groups in total. The number of hydrogen-bond donors (Lipinski definition) is 1. The normalized spacial score (nSPS) is 16.0. The van der Waals surface area contributed by atoms with Gasteiger partial charge in [0.25, 0.3) is 0 Å². The average Bonchev–Trinajstić information content (AvgIpc) is 3.42. The molecule has 9 heteroatoms. The fraction of sp³-hybridized carbons (Fsp3) is 0.231. The Morgan fingerprint density at radius 3 is 2.83 bits per heavy atom. The van der Waals surface area contributed by atoms with Gasteiger partial charge >= 0.3 is 0 Å². The van der Waals surface area contributed by atoms with Crippen molar-refractivity contribution in [1.82, 2.24) is 19.5 Å². The predicted octanol–water partition coefficient (Wildman–Crippen LogP) is 6.06. The Morgan fingerprint density at radius 1 is 1.20 bits per heavy atom. The molecule has 35 heavy (non-hydrogen) atoms. The molecule has 1 aliphatic rings. The van der Waals surface area contributed by atoms with E-state index >= 15 is 0 Å². The number of nitrogens with two attached hydrogens (primary N) is 1. The first-order chi connectivity index (χ1) is 17.0. The first-order valence-corrected chi connectivity index (χ1v) is 12.0. The van der Waals surface area contributed by atoms with Crippen LogP contribution in [0.25, 0.3) is 16.6 Å². The number of rotatable bonds is 7. The van der Waals surface area contributed by atoms with Crippen LogP contribution in [0, 0.1) is 0 Å². The summed E-state index contributed by atoms with van der Waals surface area (Å²) < 4.78 is 13.5. The maximum atomic E-state index is 7.08. The summed E-state index contributed by atoms with van der Waals surface area (Å²) in [7, 11) is 1.60. The van der Waals surface area contributed by atoms with Crippen LogP contribution in [0.4, 0.5) is 5.82 Å². The van der Waals surface area contributed by atoms with Gasteiger partial charge in [0.15, 0.2) is 17.3 Å². The van der Waals surface area contributed by atoms with Gasteiger partial charge in [0.05, 0.1) is 17.8 Å². The highest BCUT2D eigenvalue weighted by molar-refractivity contribution is 6.35. The number of fused-ring (bicyclic) bond motifs is 1. The smallest absolute Gasteiger partial charge is 0.169 e. The van der Waals surface area contributed by atoms with E-state index in [1.165, 1.54) is 6.33 Å². The summed E-state index contributed by atoms with van der Waals surface area (Å²) in [6, 6.07) is 12.9. The first kappa shape index (κ1) is 23.5. The summed E-state index contributed by atoms with van der Waals surface area (Å²) in [6.07, 6.45) is 4.36. The number of anilines is 1. The van der Waals surface area contributed by atoms with Crippen LogP contribution in [0.2, 0.25) is 10.0 Å². The molecule has 0 aliphatic carbocycles. The zero-order valence-electron chi connectivity index (χ0n) is 19.2. The number of aromatic nitrogens is 3. The van der Waals surface area contributed by atoms with Crippen molar-refractivity contribution in [2.75, 3.05) is 32.5 Å². The predicted molar refractivity (Wildman–Crippen MR) is 140 cm³/mol. The zero-order chi connectivity index (χ0) is 24.5. The van der Waals surface area contributed by atoms with E-state index in [0.29, 0.717) is 38.6 Å². The second-order valence-corrected chi connectivity index (χ2v) is 9.25. The van der Waals surface area contributed by atoms with Gasteiger partial charge < -0.3 is 15.2 Å². The number of nitrogen functional groups attached to an aromatic ring is 1. The summed E-state index contributed by atoms with van der Waals surface area (Å²) in [5.41, 5.74) is 9.57. The summed E-state index contributed by atoms with van der Waals surface area (Å²) in [5.74, 6) is 2.29. The van der Waals surface area contributed by atoms with E-state index in [2.05, 4.69) is 21.6 Å². The van der Waals surface area contributed by atoms with Crippen molar-refractivity contribution in [1.29, 1.82) is 0 Å². The Morgan fingerprint density at radius 2 is 2.06 bits per heavy atom. The Bertz CT molecular complexity index is 1400. The lowest BCUT2D eigenvalue weighted by molar-refractivity contribution is 0.371. The summed E-state index contributed by atoms with van der Waals surface area (Å²) in [4.78, 5) is 6.59. The van der Waals surface area contributed by atoms with Crippen LogP contribution in [-0.2, 0) is 0 Å². The van der Waals surface area contributed by atoms with Gasteiger partial charge in [-0.25, -0.2) is 9.50 Å². The molecule has 3 heterocycles. The molecule has 1 fully saturated rings. The molecule has 7 nitrogen and oxygen atoms in total. The van der Waals surface area contributed by atoms with E-state index in [0.717, 1.165) is 42.9 Å². The van der Waals surface area contributed by atoms with Gasteiger partial charge in [-0.2, -0.15) is 5.10 Å². The number of halogens is 2. The SMILES string of the molecule is C=CCN1CCC(c2c(Cl)c(-c3ccc(Oc4cccc(Cl)c4)c(OC)c3)c3c(N)ncnn23)C1. The molecule has 2 aromatic heterocycles. The van der Waals surface area contributed by atoms with Gasteiger partial charge in [0.1, 0.15) is 17.6 Å². The van der Waals surface area contributed by atoms with Gasteiger partial charge in [0, 0.05) is 29.6 Å². The van der Waals surface area contributed by atoms with Crippen molar-refractivity contribution in [3.8, 4) is 28.4 Å². The Kier molecular flexibility index (Phi) is 6.56. The van der Waals surface area contributed by atoms with Gasteiger partial charge in [-0.15, -0.1) is 6.58 Å². The first-order valence-electron chi connectivity index (χ1n) is 11.3. The van der Waals surface area contributed by atoms with Crippen LogP contribution >= 0.6 is 23.2 Å². The summed E-state index contributed by atoms with van der Waals surface area (Å²) >= 11 is 13.2. The monoisotopic (exact) mass is 509 g/mol. The summed E-state index contributed by atoms with van der Waals surface area (Å²) in [5, 5.41) is 5.73. The van der Waals surface area contributed by atoms with Crippen LogP contribution in [0.3, 0.4) is 0 Å². The van der Waals surface area contributed by atoms with Crippen molar-refractivity contribution in [2.24, 2.45) is 0 Å². The molecule has 0 spiro atoms. The number of benzene rings is 2. The van der Waals surface area contributed by atoms with E-state index in [1.54, 1.807) is 19.2 Å². The molecule has 1 atom stereocenters. The van der Waals surface area contributed by atoms with Crippen molar-refractivity contribution in [3.05, 3.63) is 77.2 Å². The fourth-order valence-corrected chi connectivity index (χ4v) is 5.31. The quantitative estimate of drug-likeness (QED) is 0.305. The molecule has 1 unspecified atom stereocenters. The molecular formula is C26H25Cl2N5O2. The average molecular weight is 510 g/mol. The molecule has 1 saturated heterocycles. The second-order valence-electron chi connectivity index (χ2n) is 8.44. The molecule has 0 saturated carbocycles. The fourth-order valence-electron chi connectivity index (χ4n) is 4.69. The largest absolute Gasteiger partial charge is 0.493 e. The van der Waals surface area contributed by atoms with Crippen LogP contribution in [0.5, 0.6) is 17.2 Å². The minimum Gasteiger partial charge on any atom is -0.493 e. The third-order valence-electron chi connectivity index (χ3n) is 6.25. The molecule has 0 bridgehead atoms. The van der Waals surface area contributed by atoms with Gasteiger partial charge in [0.2, 0.25) is 0 Å². The van der Waals surface area contributed by atoms with E-state index in [9.17, 15) is 0 Å². The Balaban J connectivity index is 1.59. The Hall–Kier alpha value is -3.26. The molecule has 180 valence electrons. The number of nitrogens with zero attached hydrogens (tertiary/aromatic N) is 4. The molecule has 4 aromatic rings. The number of likely N-dealkylation sites (tertiary alicyclic amines) is 1. The molecule has 0 radical (unpaired) electrons. The minimum atomic E-state index is 0.213. The van der Waals surface area contributed by atoms with Crippen molar-refractivity contribution in [3.63, 3.8) is 0 Å². The highest BCUT2D eigenvalue weighted by atomic mass is 35.5. The van der Waals surface area contributed by atoms with Gasteiger partial charge in [-0.3, -0.25) is 4.90 Å². The second kappa shape index (κ2) is 9.77. The standard InChI is InChI=1S/C26H25Cl2N5O2/c1-3-10-32-11-9-17(14-32)24-23(28)22(25-26(29)30-15-31-33(24)25)16-7-8-20(21(12-16)34-2)35-19-6-4-5-18(27)13-19/h3-8,12-13,15,17H,1,9-11,14H2,2H3,(H2,29,30,31). The molecule has 0 amide bonds. The van der Waals surface area contributed by atoms with E-state index in [1.807, 2.05) is 40.9 Å². The van der Waals surface area contributed by atoms with Crippen LogP contribution in [0.15, 0.2) is 61.4 Å². The lowest BCUT2D eigenvalue weighted by Crippen LogP contribution is -2.20. The third-order valence-corrected chi connectivity index (χ3v) is 6.87. The lowest BCUT2D eigenvalue weighted by atomic mass is 10.0. The Labute approximate surface area is 213 Å². The van der Waals surface area contributed by atoms with E-state index < -0.39 is 0 Å². The molecule has 5 rings (SSSR count). The highest BCUT2D eigenvalue weighted by Crippen LogP contribution is 2.45. The van der Waals surface area contributed by atoms with E-state index in [4.69, 9.17) is 38.4 Å².